The van der Waals surface area contributed by atoms with Crippen LogP contribution in [0.15, 0.2) is 18.2 Å². The highest BCUT2D eigenvalue weighted by atomic mass is 35.5. The van der Waals surface area contributed by atoms with Crippen molar-refractivity contribution in [3.05, 3.63) is 51.6 Å². The Kier molecular flexibility index (Phi) is 6.86. The summed E-state index contributed by atoms with van der Waals surface area (Å²) < 4.78 is 21.0. The monoisotopic (exact) mass is 502 g/mol. The molecular formula is C26H32ClFN4O3. The fourth-order valence-corrected chi connectivity index (χ4v) is 5.95. The van der Waals surface area contributed by atoms with Crippen LogP contribution in [-0.2, 0) is 28.9 Å². The van der Waals surface area contributed by atoms with E-state index >= 15 is 0 Å². The SMILES string of the molecule is C[C@@H]1CN(C(=O)c2nn(CC(=O)N3CCC(c4ccc(F)c(Cl)c4)CC3)c3c2CCC3)C[C@H](C)O1. The molecule has 2 aromatic rings. The molecule has 2 fully saturated rings. The Hall–Kier alpha value is -2.45. The summed E-state index contributed by atoms with van der Waals surface area (Å²) in [6, 6.07) is 4.88. The Morgan fingerprint density at radius 1 is 1.11 bits per heavy atom. The van der Waals surface area contributed by atoms with E-state index in [0.29, 0.717) is 31.9 Å². The molecule has 7 nitrogen and oxygen atoms in total. The number of nitrogens with zero attached hydrogens (tertiary/aromatic N) is 4. The lowest BCUT2D eigenvalue weighted by Gasteiger charge is -2.35. The second kappa shape index (κ2) is 9.90. The predicted molar refractivity (Wildman–Crippen MR) is 130 cm³/mol. The quantitative estimate of drug-likeness (QED) is 0.637. The minimum atomic E-state index is -0.412. The van der Waals surface area contributed by atoms with E-state index in [4.69, 9.17) is 16.3 Å². The van der Waals surface area contributed by atoms with Crippen molar-refractivity contribution in [3.63, 3.8) is 0 Å². The molecule has 188 valence electrons. The molecule has 1 aliphatic carbocycles. The van der Waals surface area contributed by atoms with Gasteiger partial charge in [0.2, 0.25) is 5.91 Å². The third-order valence-corrected chi connectivity index (χ3v) is 7.75. The van der Waals surface area contributed by atoms with E-state index in [9.17, 15) is 14.0 Å². The summed E-state index contributed by atoms with van der Waals surface area (Å²) in [5.41, 5.74) is 3.54. The van der Waals surface area contributed by atoms with Crippen molar-refractivity contribution in [2.45, 2.75) is 70.6 Å². The molecule has 1 aromatic carbocycles. The van der Waals surface area contributed by atoms with E-state index in [1.807, 2.05) is 23.6 Å². The summed E-state index contributed by atoms with van der Waals surface area (Å²) in [6.45, 7) is 6.49. The first-order chi connectivity index (χ1) is 16.8. The first-order valence-electron chi connectivity index (χ1n) is 12.6. The molecule has 0 saturated carbocycles. The van der Waals surface area contributed by atoms with Gasteiger partial charge < -0.3 is 14.5 Å². The number of aromatic nitrogens is 2. The lowest BCUT2D eigenvalue weighted by Crippen LogP contribution is -2.48. The van der Waals surface area contributed by atoms with Crippen LogP contribution >= 0.6 is 11.6 Å². The number of rotatable bonds is 4. The molecule has 35 heavy (non-hydrogen) atoms. The lowest BCUT2D eigenvalue weighted by atomic mass is 9.89. The zero-order valence-corrected chi connectivity index (χ0v) is 21.1. The molecular weight excluding hydrogens is 471 g/mol. The van der Waals surface area contributed by atoms with Gasteiger partial charge in [0.15, 0.2) is 5.69 Å². The van der Waals surface area contributed by atoms with Crippen molar-refractivity contribution in [2.24, 2.45) is 0 Å². The standard InChI is InChI=1S/C26H32ClFN4O3/c1-16-13-31(14-17(2)35-16)26(34)25-20-4-3-5-23(20)32(29-25)15-24(33)30-10-8-18(9-11-30)19-6-7-22(28)21(27)12-19/h6-7,12,16-18H,3-5,8-11,13-15H2,1-2H3/t16-,17+. The van der Waals surface area contributed by atoms with Gasteiger partial charge in [0.1, 0.15) is 12.4 Å². The molecule has 1 aromatic heterocycles. The molecule has 2 aliphatic heterocycles. The van der Waals surface area contributed by atoms with Crippen molar-refractivity contribution in [1.82, 2.24) is 19.6 Å². The Labute approximate surface area is 210 Å². The number of morpholine rings is 1. The Balaban J connectivity index is 1.25. The number of ether oxygens (including phenoxy) is 1. The molecule has 2 amide bonds. The number of benzene rings is 1. The highest BCUT2D eigenvalue weighted by Gasteiger charge is 2.33. The van der Waals surface area contributed by atoms with Gasteiger partial charge in [-0.1, -0.05) is 17.7 Å². The molecule has 5 rings (SSSR count). The van der Waals surface area contributed by atoms with E-state index in [2.05, 4.69) is 5.10 Å². The average molecular weight is 503 g/mol. The van der Waals surface area contributed by atoms with Crippen LogP contribution in [-0.4, -0.2) is 69.8 Å². The zero-order valence-electron chi connectivity index (χ0n) is 20.3. The van der Waals surface area contributed by atoms with Crippen LogP contribution in [0.3, 0.4) is 0 Å². The van der Waals surface area contributed by atoms with Gasteiger partial charge in [0, 0.05) is 37.4 Å². The van der Waals surface area contributed by atoms with Crippen LogP contribution in [0.2, 0.25) is 5.02 Å². The van der Waals surface area contributed by atoms with Crippen LogP contribution in [0.4, 0.5) is 4.39 Å². The fraction of sp³-hybridized carbons (Fsp3) is 0.577. The second-order valence-corrected chi connectivity index (χ2v) is 10.5. The summed E-state index contributed by atoms with van der Waals surface area (Å²) in [5, 5.41) is 4.80. The van der Waals surface area contributed by atoms with Crippen molar-refractivity contribution in [1.29, 1.82) is 0 Å². The van der Waals surface area contributed by atoms with E-state index in [1.54, 1.807) is 16.8 Å². The van der Waals surface area contributed by atoms with E-state index in [0.717, 1.165) is 48.9 Å². The largest absolute Gasteiger partial charge is 0.372 e. The van der Waals surface area contributed by atoms with Crippen molar-refractivity contribution in [2.75, 3.05) is 26.2 Å². The van der Waals surface area contributed by atoms with Gasteiger partial charge in [-0.3, -0.25) is 14.3 Å². The van der Waals surface area contributed by atoms with Crippen molar-refractivity contribution >= 4 is 23.4 Å². The van der Waals surface area contributed by atoms with Crippen molar-refractivity contribution in [3.8, 4) is 0 Å². The predicted octanol–water partition coefficient (Wildman–Crippen LogP) is 3.82. The van der Waals surface area contributed by atoms with Crippen LogP contribution in [0.1, 0.15) is 66.3 Å². The van der Waals surface area contributed by atoms with Gasteiger partial charge in [0.05, 0.1) is 17.2 Å². The number of carbonyl (C=O) groups excluding carboxylic acids is 2. The maximum Gasteiger partial charge on any atom is 0.274 e. The van der Waals surface area contributed by atoms with E-state index < -0.39 is 5.82 Å². The molecule has 0 unspecified atom stereocenters. The topological polar surface area (TPSA) is 67.7 Å². The maximum absolute atomic E-state index is 13.5. The molecule has 3 heterocycles. The number of piperidine rings is 1. The smallest absolute Gasteiger partial charge is 0.274 e. The van der Waals surface area contributed by atoms with E-state index in [-0.39, 0.29) is 41.5 Å². The highest BCUT2D eigenvalue weighted by molar-refractivity contribution is 6.30. The molecule has 0 spiro atoms. The number of fused-ring (bicyclic) bond motifs is 1. The summed E-state index contributed by atoms with van der Waals surface area (Å²) in [7, 11) is 0. The fourth-order valence-electron chi connectivity index (χ4n) is 5.76. The van der Waals surface area contributed by atoms with Gasteiger partial charge in [-0.15, -0.1) is 0 Å². The summed E-state index contributed by atoms with van der Waals surface area (Å²) in [6.07, 6.45) is 4.24. The molecule has 9 heteroatoms. The third-order valence-electron chi connectivity index (χ3n) is 7.46. The van der Waals surface area contributed by atoms with Crippen molar-refractivity contribution < 1.29 is 18.7 Å². The van der Waals surface area contributed by atoms with Gasteiger partial charge in [-0.25, -0.2) is 4.39 Å². The number of amides is 2. The summed E-state index contributed by atoms with van der Waals surface area (Å²) in [5.74, 6) is -0.195. The number of halogens is 2. The molecule has 2 saturated heterocycles. The van der Waals surface area contributed by atoms with Crippen LogP contribution in [0.25, 0.3) is 0 Å². The van der Waals surface area contributed by atoms with Gasteiger partial charge in [-0.05, 0) is 69.6 Å². The minimum absolute atomic E-state index is 0.00623. The molecule has 0 bridgehead atoms. The first-order valence-corrected chi connectivity index (χ1v) is 12.9. The average Bonchev–Trinajstić information content (AvgIpc) is 3.44. The number of likely N-dealkylation sites (tertiary alicyclic amines) is 1. The lowest BCUT2D eigenvalue weighted by molar-refractivity contribution is -0.133. The molecule has 2 atom stereocenters. The van der Waals surface area contributed by atoms with E-state index in [1.165, 1.54) is 6.07 Å². The normalized spacial score (nSPS) is 23.0. The maximum atomic E-state index is 13.5. The number of hydrogen-bond donors (Lipinski definition) is 0. The van der Waals surface area contributed by atoms with Crippen LogP contribution < -0.4 is 0 Å². The Morgan fingerprint density at radius 2 is 1.83 bits per heavy atom. The third kappa shape index (κ3) is 4.96. The van der Waals surface area contributed by atoms with Crippen LogP contribution in [0, 0.1) is 5.82 Å². The summed E-state index contributed by atoms with van der Waals surface area (Å²) >= 11 is 5.95. The number of carbonyl (C=O) groups is 2. The highest BCUT2D eigenvalue weighted by Crippen LogP contribution is 2.31. The molecule has 0 N–H and O–H groups in total. The molecule has 0 radical (unpaired) electrons. The Bertz CT molecular complexity index is 1120. The minimum Gasteiger partial charge on any atom is -0.372 e. The first kappa shape index (κ1) is 24.3. The van der Waals surface area contributed by atoms with Gasteiger partial charge >= 0.3 is 0 Å². The summed E-state index contributed by atoms with van der Waals surface area (Å²) in [4.78, 5) is 30.2. The Morgan fingerprint density at radius 3 is 2.51 bits per heavy atom. The molecule has 3 aliphatic rings. The zero-order chi connectivity index (χ0) is 24.7. The number of hydrogen-bond acceptors (Lipinski definition) is 4. The van der Waals surface area contributed by atoms with Gasteiger partial charge in [0.25, 0.3) is 5.91 Å². The second-order valence-electron chi connectivity index (χ2n) is 10.1. The van der Waals surface area contributed by atoms with Crippen LogP contribution in [0.5, 0.6) is 0 Å². The van der Waals surface area contributed by atoms with Gasteiger partial charge in [-0.2, -0.15) is 5.10 Å².